The summed E-state index contributed by atoms with van der Waals surface area (Å²) in [6.07, 6.45) is -0.0447. The van der Waals surface area contributed by atoms with Crippen molar-refractivity contribution < 1.29 is 13.2 Å². The van der Waals surface area contributed by atoms with E-state index in [1.165, 1.54) is 24.3 Å². The lowest BCUT2D eigenvalue weighted by Gasteiger charge is -2.08. The van der Waals surface area contributed by atoms with Crippen molar-refractivity contribution in [1.82, 2.24) is 4.72 Å². The maximum Gasteiger partial charge on any atom is 0.240 e. The second kappa shape index (κ2) is 8.18. The molecule has 0 atom stereocenters. The molecule has 5 nitrogen and oxygen atoms in total. The summed E-state index contributed by atoms with van der Waals surface area (Å²) in [6, 6.07) is 10.4. The first-order valence-corrected chi connectivity index (χ1v) is 9.39. The molecule has 0 unspecified atom stereocenters. The predicted molar refractivity (Wildman–Crippen MR) is 96.3 cm³/mol. The number of rotatable bonds is 6. The van der Waals surface area contributed by atoms with Gasteiger partial charge in [-0.05, 0) is 42.5 Å². The summed E-state index contributed by atoms with van der Waals surface area (Å²) in [5.41, 5.74) is 0.443. The molecule has 24 heavy (non-hydrogen) atoms. The van der Waals surface area contributed by atoms with Crippen LogP contribution in [0, 0.1) is 0 Å². The van der Waals surface area contributed by atoms with Crippen LogP contribution < -0.4 is 10.0 Å². The van der Waals surface area contributed by atoms with E-state index in [-0.39, 0.29) is 23.8 Å². The molecule has 0 saturated heterocycles. The van der Waals surface area contributed by atoms with Crippen molar-refractivity contribution in [3.8, 4) is 0 Å². The van der Waals surface area contributed by atoms with E-state index in [1.54, 1.807) is 18.2 Å². The number of anilines is 1. The van der Waals surface area contributed by atoms with E-state index in [2.05, 4.69) is 10.0 Å². The van der Waals surface area contributed by atoms with E-state index in [4.69, 9.17) is 34.8 Å². The second-order valence-corrected chi connectivity index (χ2v) is 7.88. The summed E-state index contributed by atoms with van der Waals surface area (Å²) in [5, 5.41) is 3.82. The summed E-state index contributed by atoms with van der Waals surface area (Å²) < 4.78 is 26.5. The van der Waals surface area contributed by atoms with E-state index in [9.17, 15) is 13.2 Å². The fraction of sp³-hybridized carbons (Fsp3) is 0.133. The van der Waals surface area contributed by atoms with Crippen molar-refractivity contribution in [3.63, 3.8) is 0 Å². The number of hydrogen-bond acceptors (Lipinski definition) is 3. The van der Waals surface area contributed by atoms with Gasteiger partial charge in [-0.1, -0.05) is 34.8 Å². The van der Waals surface area contributed by atoms with Gasteiger partial charge in [-0.25, -0.2) is 13.1 Å². The van der Waals surface area contributed by atoms with Gasteiger partial charge in [0.2, 0.25) is 15.9 Å². The lowest BCUT2D eigenvalue weighted by Crippen LogP contribution is -2.27. The second-order valence-electron chi connectivity index (χ2n) is 4.81. The fourth-order valence-corrected chi connectivity index (χ4v) is 3.53. The van der Waals surface area contributed by atoms with Crippen LogP contribution in [0.3, 0.4) is 0 Å². The molecule has 2 aromatic rings. The van der Waals surface area contributed by atoms with Crippen molar-refractivity contribution >= 4 is 56.4 Å². The van der Waals surface area contributed by atoms with Crippen LogP contribution >= 0.6 is 34.8 Å². The number of hydrogen-bond donors (Lipinski definition) is 2. The summed E-state index contributed by atoms with van der Waals surface area (Å²) in [7, 11) is -3.69. The van der Waals surface area contributed by atoms with Crippen molar-refractivity contribution in [1.29, 1.82) is 0 Å². The molecule has 0 aliphatic carbocycles. The molecular weight excluding hydrogens is 395 g/mol. The van der Waals surface area contributed by atoms with Crippen molar-refractivity contribution in [2.75, 3.05) is 11.9 Å². The fourth-order valence-electron chi connectivity index (χ4n) is 1.85. The zero-order valence-electron chi connectivity index (χ0n) is 12.2. The Hall–Kier alpha value is -1.31. The van der Waals surface area contributed by atoms with E-state index >= 15 is 0 Å². The van der Waals surface area contributed by atoms with Crippen LogP contribution in [0.5, 0.6) is 0 Å². The van der Waals surface area contributed by atoms with E-state index in [1.807, 2.05) is 0 Å². The van der Waals surface area contributed by atoms with Gasteiger partial charge in [-0.2, -0.15) is 0 Å². The highest BCUT2D eigenvalue weighted by molar-refractivity contribution is 7.89. The maximum atomic E-state index is 12.1. The normalized spacial score (nSPS) is 11.3. The minimum Gasteiger partial charge on any atom is -0.326 e. The minimum atomic E-state index is -3.69. The van der Waals surface area contributed by atoms with E-state index < -0.39 is 10.0 Å². The molecule has 0 fully saturated rings. The number of amides is 1. The van der Waals surface area contributed by atoms with E-state index in [0.29, 0.717) is 20.8 Å². The molecule has 1 amide bonds. The third-order valence-corrected chi connectivity index (χ3v) is 5.08. The van der Waals surface area contributed by atoms with Crippen LogP contribution in [-0.4, -0.2) is 20.9 Å². The van der Waals surface area contributed by atoms with Gasteiger partial charge < -0.3 is 5.32 Å². The molecule has 2 aromatic carbocycles. The molecule has 2 rings (SSSR count). The van der Waals surface area contributed by atoms with Crippen molar-refractivity contribution in [3.05, 3.63) is 57.5 Å². The zero-order chi connectivity index (χ0) is 17.7. The standard InChI is InChI=1S/C15H13Cl3N2O3S/c16-10-1-3-14(4-2-10)24(22,23)19-6-5-15(21)20-13-8-11(17)7-12(18)9-13/h1-4,7-9,19H,5-6H2,(H,20,21). The Balaban J connectivity index is 1.89. The van der Waals surface area contributed by atoms with Crippen LogP contribution in [0.2, 0.25) is 15.1 Å². The summed E-state index contributed by atoms with van der Waals surface area (Å²) in [6.45, 7) is -0.0505. The third kappa shape index (κ3) is 5.65. The summed E-state index contributed by atoms with van der Waals surface area (Å²) in [4.78, 5) is 11.9. The van der Waals surface area contributed by atoms with Crippen LogP contribution in [-0.2, 0) is 14.8 Å². The Morgan fingerprint density at radius 3 is 2.08 bits per heavy atom. The van der Waals surface area contributed by atoms with Gasteiger partial charge in [-0.15, -0.1) is 0 Å². The Bertz CT molecular complexity index is 819. The average Bonchev–Trinajstić information content (AvgIpc) is 2.46. The molecule has 0 aliphatic heterocycles. The molecule has 0 spiro atoms. The first kappa shape index (κ1) is 19.0. The van der Waals surface area contributed by atoms with Gasteiger partial charge >= 0.3 is 0 Å². The third-order valence-electron chi connectivity index (χ3n) is 2.91. The van der Waals surface area contributed by atoms with Crippen LogP contribution in [0.4, 0.5) is 5.69 Å². The highest BCUT2D eigenvalue weighted by Gasteiger charge is 2.14. The van der Waals surface area contributed by atoms with Crippen LogP contribution in [0.15, 0.2) is 47.4 Å². The number of benzene rings is 2. The lowest BCUT2D eigenvalue weighted by atomic mass is 10.3. The largest absolute Gasteiger partial charge is 0.326 e. The van der Waals surface area contributed by atoms with Gasteiger partial charge in [0, 0.05) is 33.7 Å². The number of carbonyl (C=O) groups is 1. The molecule has 0 aliphatic rings. The monoisotopic (exact) mass is 406 g/mol. The van der Waals surface area contributed by atoms with Gasteiger partial charge in [0.15, 0.2) is 0 Å². The Labute approximate surface area is 155 Å². The molecule has 128 valence electrons. The predicted octanol–water partition coefficient (Wildman–Crippen LogP) is 3.95. The summed E-state index contributed by atoms with van der Waals surface area (Å²) >= 11 is 17.4. The highest BCUT2D eigenvalue weighted by Crippen LogP contribution is 2.22. The molecule has 0 aromatic heterocycles. The molecule has 0 radical (unpaired) electrons. The quantitative estimate of drug-likeness (QED) is 0.761. The van der Waals surface area contributed by atoms with E-state index in [0.717, 1.165) is 0 Å². The zero-order valence-corrected chi connectivity index (χ0v) is 15.3. The Morgan fingerprint density at radius 2 is 1.50 bits per heavy atom. The number of carbonyl (C=O) groups excluding carboxylic acids is 1. The number of nitrogens with one attached hydrogen (secondary N) is 2. The van der Waals surface area contributed by atoms with Gasteiger partial charge in [0.25, 0.3) is 0 Å². The smallest absolute Gasteiger partial charge is 0.240 e. The van der Waals surface area contributed by atoms with Crippen LogP contribution in [0.25, 0.3) is 0 Å². The molecule has 9 heteroatoms. The molecule has 0 saturated carbocycles. The van der Waals surface area contributed by atoms with Crippen molar-refractivity contribution in [2.45, 2.75) is 11.3 Å². The van der Waals surface area contributed by atoms with Crippen molar-refractivity contribution in [2.24, 2.45) is 0 Å². The van der Waals surface area contributed by atoms with Crippen LogP contribution in [0.1, 0.15) is 6.42 Å². The lowest BCUT2D eigenvalue weighted by molar-refractivity contribution is -0.116. The SMILES string of the molecule is O=C(CCNS(=O)(=O)c1ccc(Cl)cc1)Nc1cc(Cl)cc(Cl)c1. The molecular formula is C15H13Cl3N2O3S. The highest BCUT2D eigenvalue weighted by atomic mass is 35.5. The first-order chi connectivity index (χ1) is 11.3. The van der Waals surface area contributed by atoms with Gasteiger partial charge in [0.05, 0.1) is 4.90 Å². The van der Waals surface area contributed by atoms with Gasteiger partial charge in [0.1, 0.15) is 0 Å². The Kier molecular flexibility index (Phi) is 6.48. The maximum absolute atomic E-state index is 12.1. The molecule has 2 N–H and O–H groups in total. The van der Waals surface area contributed by atoms with Gasteiger partial charge in [-0.3, -0.25) is 4.79 Å². The minimum absolute atomic E-state index is 0.0447. The topological polar surface area (TPSA) is 75.3 Å². The Morgan fingerprint density at radius 1 is 0.917 bits per heavy atom. The summed E-state index contributed by atoms with van der Waals surface area (Å²) in [5.74, 6) is -0.368. The molecule has 0 bridgehead atoms. The first-order valence-electron chi connectivity index (χ1n) is 6.77. The molecule has 0 heterocycles. The number of sulfonamides is 1. The average molecular weight is 408 g/mol. The number of halogens is 3.